The van der Waals surface area contributed by atoms with E-state index in [2.05, 4.69) is 21.5 Å². The third kappa shape index (κ3) is 7.22. The normalized spacial score (nSPS) is 10.3. The molecule has 0 saturated heterocycles. The van der Waals surface area contributed by atoms with Crippen LogP contribution in [0.4, 0.5) is 0 Å². The molecule has 0 aliphatic heterocycles. The Morgan fingerprint density at radius 3 is 2.89 bits per heavy atom. The van der Waals surface area contributed by atoms with E-state index >= 15 is 0 Å². The van der Waals surface area contributed by atoms with E-state index < -0.39 is 0 Å². The maximum atomic E-state index is 5.22. The highest BCUT2D eigenvalue weighted by Gasteiger charge is 1.98. The van der Waals surface area contributed by atoms with Gasteiger partial charge in [-0.05, 0) is 25.0 Å². The molecule has 1 rings (SSSR count). The van der Waals surface area contributed by atoms with Gasteiger partial charge in [-0.15, -0.1) is 36.3 Å². The number of hydrogen-bond donors (Lipinski definition) is 2. The summed E-state index contributed by atoms with van der Waals surface area (Å²) < 4.78 is 5.22. The standard InChI is InChI=1S/C13H19N3O.HI/c1-3-4-5-6-9-15-13(14-2)16-11-12-8-7-10-17-12;/h1,7-8,10H,4-6,9,11H2,2H3,(H2,14,15,16);1H. The lowest BCUT2D eigenvalue weighted by Crippen LogP contribution is -2.37. The summed E-state index contributed by atoms with van der Waals surface area (Å²) in [5.74, 6) is 4.30. The first kappa shape index (κ1) is 16.8. The number of rotatable bonds is 6. The number of halogens is 1. The molecule has 1 heterocycles. The molecule has 100 valence electrons. The van der Waals surface area contributed by atoms with E-state index in [1.165, 1.54) is 0 Å². The van der Waals surface area contributed by atoms with Gasteiger partial charge >= 0.3 is 0 Å². The Bertz CT molecular complexity index is 368. The Balaban J connectivity index is 0.00000289. The smallest absolute Gasteiger partial charge is 0.191 e. The first-order valence-corrected chi connectivity index (χ1v) is 5.77. The van der Waals surface area contributed by atoms with Gasteiger partial charge in [0.25, 0.3) is 0 Å². The van der Waals surface area contributed by atoms with E-state index in [0.29, 0.717) is 6.54 Å². The van der Waals surface area contributed by atoms with Crippen LogP contribution in [0.2, 0.25) is 0 Å². The van der Waals surface area contributed by atoms with E-state index in [4.69, 9.17) is 10.8 Å². The molecule has 0 aliphatic carbocycles. The topological polar surface area (TPSA) is 49.6 Å². The lowest BCUT2D eigenvalue weighted by Gasteiger charge is -2.10. The van der Waals surface area contributed by atoms with Crippen molar-refractivity contribution >= 4 is 29.9 Å². The van der Waals surface area contributed by atoms with Crippen molar-refractivity contribution in [2.75, 3.05) is 13.6 Å². The van der Waals surface area contributed by atoms with Crippen LogP contribution in [0.15, 0.2) is 27.8 Å². The Morgan fingerprint density at radius 2 is 2.28 bits per heavy atom. The van der Waals surface area contributed by atoms with Crippen molar-refractivity contribution in [2.45, 2.75) is 25.8 Å². The number of furan rings is 1. The van der Waals surface area contributed by atoms with Gasteiger partial charge in [0.15, 0.2) is 5.96 Å². The molecule has 18 heavy (non-hydrogen) atoms. The van der Waals surface area contributed by atoms with E-state index in [1.54, 1.807) is 13.3 Å². The maximum Gasteiger partial charge on any atom is 0.191 e. The Labute approximate surface area is 126 Å². The van der Waals surface area contributed by atoms with Crippen molar-refractivity contribution in [3.63, 3.8) is 0 Å². The van der Waals surface area contributed by atoms with Crippen LogP contribution in [0.5, 0.6) is 0 Å². The average Bonchev–Trinajstić information content (AvgIpc) is 2.86. The highest BCUT2D eigenvalue weighted by molar-refractivity contribution is 14.0. The lowest BCUT2D eigenvalue weighted by molar-refractivity contribution is 0.501. The van der Waals surface area contributed by atoms with Crippen molar-refractivity contribution in [1.82, 2.24) is 10.6 Å². The van der Waals surface area contributed by atoms with Crippen LogP contribution >= 0.6 is 24.0 Å². The van der Waals surface area contributed by atoms with Gasteiger partial charge in [0.05, 0.1) is 12.8 Å². The van der Waals surface area contributed by atoms with Crippen molar-refractivity contribution < 1.29 is 4.42 Å². The first-order chi connectivity index (χ1) is 8.36. The van der Waals surface area contributed by atoms with Crippen molar-refractivity contribution in [2.24, 2.45) is 4.99 Å². The van der Waals surface area contributed by atoms with Crippen LogP contribution in [-0.4, -0.2) is 19.6 Å². The Hall–Kier alpha value is -1.16. The van der Waals surface area contributed by atoms with Crippen LogP contribution in [0.3, 0.4) is 0 Å². The number of aliphatic imine (C=N–C) groups is 1. The maximum absolute atomic E-state index is 5.22. The van der Waals surface area contributed by atoms with Gasteiger partial charge in [0.2, 0.25) is 0 Å². The summed E-state index contributed by atoms with van der Waals surface area (Å²) in [5, 5.41) is 6.39. The summed E-state index contributed by atoms with van der Waals surface area (Å²) in [5.41, 5.74) is 0. The molecular formula is C13H20IN3O. The highest BCUT2D eigenvalue weighted by atomic mass is 127. The summed E-state index contributed by atoms with van der Waals surface area (Å²) >= 11 is 0. The average molecular weight is 361 g/mol. The second kappa shape index (κ2) is 11.0. The molecule has 0 fully saturated rings. The third-order valence-electron chi connectivity index (χ3n) is 2.27. The summed E-state index contributed by atoms with van der Waals surface area (Å²) in [6, 6.07) is 3.79. The molecule has 0 saturated carbocycles. The van der Waals surface area contributed by atoms with Crippen molar-refractivity contribution in [3.05, 3.63) is 24.2 Å². The Morgan fingerprint density at radius 1 is 1.44 bits per heavy atom. The van der Waals surface area contributed by atoms with Crippen LogP contribution in [-0.2, 0) is 6.54 Å². The molecule has 0 unspecified atom stereocenters. The number of guanidine groups is 1. The minimum atomic E-state index is 0. The second-order valence-corrected chi connectivity index (χ2v) is 3.59. The van der Waals surface area contributed by atoms with Gasteiger partial charge in [0, 0.05) is 20.0 Å². The lowest BCUT2D eigenvalue weighted by atomic mass is 10.2. The zero-order chi connectivity index (χ0) is 12.3. The van der Waals surface area contributed by atoms with Crippen molar-refractivity contribution in [1.29, 1.82) is 0 Å². The van der Waals surface area contributed by atoms with Crippen LogP contribution in [0, 0.1) is 12.3 Å². The van der Waals surface area contributed by atoms with Gasteiger partial charge in [-0.3, -0.25) is 4.99 Å². The van der Waals surface area contributed by atoms with Crippen LogP contribution < -0.4 is 10.6 Å². The zero-order valence-electron chi connectivity index (χ0n) is 10.6. The minimum absolute atomic E-state index is 0. The number of terminal acetylenes is 1. The number of nitrogens with one attached hydrogen (secondary N) is 2. The largest absolute Gasteiger partial charge is 0.467 e. The van der Waals surface area contributed by atoms with Gasteiger partial charge in [-0.2, -0.15) is 0 Å². The van der Waals surface area contributed by atoms with E-state index in [0.717, 1.165) is 37.5 Å². The molecule has 0 atom stereocenters. The molecule has 0 radical (unpaired) electrons. The molecule has 5 heteroatoms. The molecule has 0 aromatic carbocycles. The van der Waals surface area contributed by atoms with Crippen LogP contribution in [0.25, 0.3) is 0 Å². The van der Waals surface area contributed by atoms with E-state index in [9.17, 15) is 0 Å². The molecule has 1 aromatic rings. The molecule has 0 bridgehead atoms. The predicted octanol–water partition coefficient (Wildman–Crippen LogP) is 2.37. The number of hydrogen-bond acceptors (Lipinski definition) is 2. The van der Waals surface area contributed by atoms with Gasteiger partial charge < -0.3 is 15.1 Å². The zero-order valence-corrected chi connectivity index (χ0v) is 12.9. The monoisotopic (exact) mass is 361 g/mol. The first-order valence-electron chi connectivity index (χ1n) is 5.77. The fraction of sp³-hybridized carbons (Fsp3) is 0.462. The van der Waals surface area contributed by atoms with E-state index in [-0.39, 0.29) is 24.0 Å². The number of unbranched alkanes of at least 4 members (excludes halogenated alkanes) is 2. The van der Waals surface area contributed by atoms with Crippen LogP contribution in [0.1, 0.15) is 25.0 Å². The molecule has 2 N–H and O–H groups in total. The fourth-order valence-electron chi connectivity index (χ4n) is 1.36. The van der Waals surface area contributed by atoms with Gasteiger partial charge in [0.1, 0.15) is 5.76 Å². The molecule has 0 amide bonds. The summed E-state index contributed by atoms with van der Waals surface area (Å²) in [4.78, 5) is 4.12. The van der Waals surface area contributed by atoms with E-state index in [1.807, 2.05) is 12.1 Å². The molecule has 0 aliphatic rings. The third-order valence-corrected chi connectivity index (χ3v) is 2.27. The fourth-order valence-corrected chi connectivity index (χ4v) is 1.36. The quantitative estimate of drug-likeness (QED) is 0.269. The predicted molar refractivity (Wildman–Crippen MR) is 85.0 cm³/mol. The summed E-state index contributed by atoms with van der Waals surface area (Å²) in [6.07, 6.45) is 9.76. The van der Waals surface area contributed by atoms with Gasteiger partial charge in [-0.25, -0.2) is 0 Å². The van der Waals surface area contributed by atoms with Crippen molar-refractivity contribution in [3.8, 4) is 12.3 Å². The Kier molecular flexibility index (Phi) is 10.3. The minimum Gasteiger partial charge on any atom is -0.467 e. The molecule has 4 nitrogen and oxygen atoms in total. The summed E-state index contributed by atoms with van der Waals surface area (Å²) in [6.45, 7) is 1.51. The molecule has 1 aromatic heterocycles. The summed E-state index contributed by atoms with van der Waals surface area (Å²) in [7, 11) is 1.75. The highest BCUT2D eigenvalue weighted by Crippen LogP contribution is 1.98. The molecule has 0 spiro atoms. The second-order valence-electron chi connectivity index (χ2n) is 3.59. The van der Waals surface area contributed by atoms with Gasteiger partial charge in [-0.1, -0.05) is 0 Å². The number of nitrogens with zero attached hydrogens (tertiary/aromatic N) is 1. The SMILES string of the molecule is C#CCCCCNC(=NC)NCc1ccco1.I. The molecular weight excluding hydrogens is 341 g/mol.